The van der Waals surface area contributed by atoms with Crippen LogP contribution in [0.5, 0.6) is 0 Å². The first-order valence-corrected chi connectivity index (χ1v) is 6.52. The van der Waals surface area contributed by atoms with Gasteiger partial charge in [0.2, 0.25) is 5.91 Å². The van der Waals surface area contributed by atoms with E-state index in [1.807, 2.05) is 30.3 Å². The summed E-state index contributed by atoms with van der Waals surface area (Å²) < 4.78 is 1.66. The second-order valence-electron chi connectivity index (χ2n) is 4.92. The Balaban J connectivity index is 1.76. The molecule has 2 aromatic rings. The zero-order chi connectivity index (χ0) is 13.2. The first-order chi connectivity index (χ1) is 9.25. The summed E-state index contributed by atoms with van der Waals surface area (Å²) in [6, 6.07) is 1.96. The van der Waals surface area contributed by atoms with E-state index in [-0.39, 0.29) is 11.9 Å². The SMILES string of the molecule is Cc1cn[nH]c1C1CCCN1C(=O)Cn1cccn1. The van der Waals surface area contributed by atoms with Crippen molar-refractivity contribution in [2.24, 2.45) is 0 Å². The minimum atomic E-state index is 0.111. The number of aryl methyl sites for hydroxylation is 1. The van der Waals surface area contributed by atoms with Crippen LogP contribution in [0.15, 0.2) is 24.7 Å². The van der Waals surface area contributed by atoms with Gasteiger partial charge in [0, 0.05) is 18.9 Å². The number of hydrogen-bond donors (Lipinski definition) is 1. The number of likely N-dealkylation sites (tertiary alicyclic amines) is 1. The lowest BCUT2D eigenvalue weighted by Gasteiger charge is -2.24. The first kappa shape index (κ1) is 12.0. The van der Waals surface area contributed by atoms with Gasteiger partial charge in [-0.1, -0.05) is 0 Å². The monoisotopic (exact) mass is 259 g/mol. The Labute approximate surface area is 111 Å². The van der Waals surface area contributed by atoms with E-state index in [1.165, 1.54) is 0 Å². The average molecular weight is 259 g/mol. The van der Waals surface area contributed by atoms with E-state index in [9.17, 15) is 4.79 Å². The molecule has 0 aliphatic carbocycles. The molecule has 6 nitrogen and oxygen atoms in total. The fraction of sp³-hybridized carbons (Fsp3) is 0.462. The number of amides is 1. The van der Waals surface area contributed by atoms with Gasteiger partial charge in [0.25, 0.3) is 0 Å². The van der Waals surface area contributed by atoms with Crippen molar-refractivity contribution in [1.82, 2.24) is 24.9 Å². The molecule has 100 valence electrons. The van der Waals surface area contributed by atoms with Crippen LogP contribution in [0.3, 0.4) is 0 Å². The molecule has 1 fully saturated rings. The zero-order valence-corrected chi connectivity index (χ0v) is 10.9. The number of rotatable bonds is 3. The average Bonchev–Trinajstić information content (AvgIpc) is 3.07. The quantitative estimate of drug-likeness (QED) is 0.903. The van der Waals surface area contributed by atoms with Gasteiger partial charge in [-0.25, -0.2) is 0 Å². The minimum Gasteiger partial charge on any atom is -0.332 e. The van der Waals surface area contributed by atoms with E-state index in [1.54, 1.807) is 10.9 Å². The van der Waals surface area contributed by atoms with Crippen molar-refractivity contribution in [3.63, 3.8) is 0 Å². The second-order valence-corrected chi connectivity index (χ2v) is 4.92. The topological polar surface area (TPSA) is 66.8 Å². The molecule has 2 aromatic heterocycles. The summed E-state index contributed by atoms with van der Waals surface area (Å²) in [5, 5.41) is 11.2. The smallest absolute Gasteiger partial charge is 0.244 e. The van der Waals surface area contributed by atoms with Gasteiger partial charge in [-0.3, -0.25) is 14.6 Å². The summed E-state index contributed by atoms with van der Waals surface area (Å²) in [6.07, 6.45) is 7.34. The van der Waals surface area contributed by atoms with Gasteiger partial charge < -0.3 is 4.90 Å². The Bertz CT molecular complexity index is 559. The van der Waals surface area contributed by atoms with Gasteiger partial charge in [-0.2, -0.15) is 10.2 Å². The van der Waals surface area contributed by atoms with Gasteiger partial charge in [-0.05, 0) is 31.4 Å². The maximum atomic E-state index is 12.4. The minimum absolute atomic E-state index is 0.111. The molecule has 3 rings (SSSR count). The fourth-order valence-electron chi connectivity index (χ4n) is 2.68. The van der Waals surface area contributed by atoms with Crippen LogP contribution in [0.4, 0.5) is 0 Å². The van der Waals surface area contributed by atoms with Crippen molar-refractivity contribution in [1.29, 1.82) is 0 Å². The Morgan fingerprint density at radius 3 is 3.16 bits per heavy atom. The number of H-pyrrole nitrogens is 1. The third-order valence-electron chi connectivity index (χ3n) is 3.63. The summed E-state index contributed by atoms with van der Waals surface area (Å²) in [4.78, 5) is 14.3. The molecule has 6 heteroatoms. The van der Waals surface area contributed by atoms with Crippen LogP contribution < -0.4 is 0 Å². The van der Waals surface area contributed by atoms with E-state index in [2.05, 4.69) is 15.3 Å². The van der Waals surface area contributed by atoms with Crippen LogP contribution in [-0.2, 0) is 11.3 Å². The molecule has 3 heterocycles. The van der Waals surface area contributed by atoms with Gasteiger partial charge in [-0.15, -0.1) is 0 Å². The lowest BCUT2D eigenvalue weighted by Crippen LogP contribution is -2.34. The van der Waals surface area contributed by atoms with Crippen LogP contribution in [-0.4, -0.2) is 37.3 Å². The molecule has 1 aliphatic heterocycles. The van der Waals surface area contributed by atoms with Crippen molar-refractivity contribution >= 4 is 5.91 Å². The van der Waals surface area contributed by atoms with Crippen molar-refractivity contribution in [3.05, 3.63) is 35.9 Å². The molecule has 1 unspecified atom stereocenters. The molecule has 0 aromatic carbocycles. The van der Waals surface area contributed by atoms with E-state index in [0.717, 1.165) is 30.6 Å². The predicted molar refractivity (Wildman–Crippen MR) is 69.2 cm³/mol. The van der Waals surface area contributed by atoms with Crippen molar-refractivity contribution in [2.75, 3.05) is 6.54 Å². The summed E-state index contributed by atoms with van der Waals surface area (Å²) in [5.41, 5.74) is 2.18. The third kappa shape index (κ3) is 2.25. The highest BCUT2D eigenvalue weighted by molar-refractivity contribution is 5.76. The summed E-state index contributed by atoms with van der Waals surface area (Å²) in [6.45, 7) is 3.13. The first-order valence-electron chi connectivity index (χ1n) is 6.52. The lowest BCUT2D eigenvalue weighted by molar-refractivity contribution is -0.133. The molecular weight excluding hydrogens is 242 g/mol. The molecule has 0 radical (unpaired) electrons. The zero-order valence-electron chi connectivity index (χ0n) is 10.9. The molecule has 0 saturated carbocycles. The van der Waals surface area contributed by atoms with Crippen LogP contribution in [0, 0.1) is 6.92 Å². The highest BCUT2D eigenvalue weighted by Gasteiger charge is 2.31. The fourth-order valence-corrected chi connectivity index (χ4v) is 2.68. The van der Waals surface area contributed by atoms with Crippen molar-refractivity contribution < 1.29 is 4.79 Å². The van der Waals surface area contributed by atoms with E-state index in [4.69, 9.17) is 0 Å². The molecule has 1 saturated heterocycles. The third-order valence-corrected chi connectivity index (χ3v) is 3.63. The molecule has 1 atom stereocenters. The highest BCUT2D eigenvalue weighted by atomic mass is 16.2. The number of hydrogen-bond acceptors (Lipinski definition) is 3. The van der Waals surface area contributed by atoms with Crippen molar-refractivity contribution in [3.8, 4) is 0 Å². The Morgan fingerprint density at radius 2 is 2.47 bits per heavy atom. The number of nitrogens with one attached hydrogen (secondary N) is 1. The number of nitrogens with zero attached hydrogens (tertiary/aromatic N) is 4. The Hall–Kier alpha value is -2.11. The van der Waals surface area contributed by atoms with Gasteiger partial charge in [0.05, 0.1) is 17.9 Å². The maximum absolute atomic E-state index is 12.4. The summed E-state index contributed by atoms with van der Waals surface area (Å²) in [7, 11) is 0. The van der Waals surface area contributed by atoms with E-state index < -0.39 is 0 Å². The Morgan fingerprint density at radius 1 is 1.58 bits per heavy atom. The van der Waals surface area contributed by atoms with E-state index in [0.29, 0.717) is 6.54 Å². The van der Waals surface area contributed by atoms with Crippen LogP contribution in [0.1, 0.15) is 30.1 Å². The molecule has 1 amide bonds. The summed E-state index contributed by atoms with van der Waals surface area (Å²) >= 11 is 0. The molecule has 0 bridgehead atoms. The molecular formula is C13H17N5O. The van der Waals surface area contributed by atoms with Crippen LogP contribution >= 0.6 is 0 Å². The maximum Gasteiger partial charge on any atom is 0.244 e. The second kappa shape index (κ2) is 4.87. The van der Waals surface area contributed by atoms with Crippen molar-refractivity contribution in [2.45, 2.75) is 32.4 Å². The number of carbonyl (C=O) groups is 1. The standard InChI is InChI=1S/C13H17N5O/c1-10-8-14-16-13(10)11-4-2-7-18(11)12(19)9-17-6-3-5-15-17/h3,5-6,8,11H,2,4,7,9H2,1H3,(H,14,16). The molecule has 19 heavy (non-hydrogen) atoms. The predicted octanol–water partition coefficient (Wildman–Crippen LogP) is 1.28. The van der Waals surface area contributed by atoms with Gasteiger partial charge in [0.15, 0.2) is 0 Å². The Kier molecular flexibility index (Phi) is 3.06. The molecule has 1 N–H and O–H groups in total. The highest BCUT2D eigenvalue weighted by Crippen LogP contribution is 2.32. The molecule has 1 aliphatic rings. The summed E-state index contributed by atoms with van der Waals surface area (Å²) in [5.74, 6) is 0.111. The number of carbonyl (C=O) groups excluding carboxylic acids is 1. The lowest BCUT2D eigenvalue weighted by atomic mass is 10.1. The number of aromatic amines is 1. The largest absolute Gasteiger partial charge is 0.332 e. The number of aromatic nitrogens is 4. The normalized spacial score (nSPS) is 19.0. The van der Waals surface area contributed by atoms with Crippen LogP contribution in [0.2, 0.25) is 0 Å². The van der Waals surface area contributed by atoms with Gasteiger partial charge in [0.1, 0.15) is 6.54 Å². The molecule has 0 spiro atoms. The van der Waals surface area contributed by atoms with E-state index >= 15 is 0 Å². The van der Waals surface area contributed by atoms with Crippen LogP contribution in [0.25, 0.3) is 0 Å². The van der Waals surface area contributed by atoms with Gasteiger partial charge >= 0.3 is 0 Å².